The van der Waals surface area contributed by atoms with Crippen LogP contribution in [0.15, 0.2) is 72.8 Å². The zero-order valence-electron chi connectivity index (χ0n) is 14.3. The van der Waals surface area contributed by atoms with E-state index < -0.39 is 0 Å². The minimum Gasteiger partial charge on any atom is -0.496 e. The van der Waals surface area contributed by atoms with Crippen LogP contribution in [-0.4, -0.2) is 23.8 Å². The Morgan fingerprint density at radius 1 is 0.692 bits per heavy atom. The number of imide groups is 1. The van der Waals surface area contributed by atoms with Crippen LogP contribution >= 0.6 is 0 Å². The van der Waals surface area contributed by atoms with Crippen LogP contribution in [0.25, 0.3) is 11.1 Å². The molecule has 0 spiro atoms. The van der Waals surface area contributed by atoms with Crippen molar-refractivity contribution in [1.29, 1.82) is 0 Å². The molecule has 128 valence electrons. The summed E-state index contributed by atoms with van der Waals surface area (Å²) in [4.78, 5) is 26.6. The molecule has 4 nitrogen and oxygen atoms in total. The Kier molecular flexibility index (Phi) is 4.01. The summed E-state index contributed by atoms with van der Waals surface area (Å²) in [6, 6.07) is 22.4. The molecule has 1 aliphatic rings. The van der Waals surface area contributed by atoms with Gasteiger partial charge in [0.2, 0.25) is 0 Å². The lowest BCUT2D eigenvalue weighted by Crippen LogP contribution is -2.29. The molecule has 0 N–H and O–H groups in total. The topological polar surface area (TPSA) is 46.6 Å². The Labute approximate surface area is 151 Å². The Morgan fingerprint density at radius 2 is 1.19 bits per heavy atom. The molecule has 1 aliphatic heterocycles. The molecule has 0 aromatic heterocycles. The number of methoxy groups -OCH3 is 1. The number of ether oxygens (including phenoxy) is 1. The first kappa shape index (κ1) is 16.1. The van der Waals surface area contributed by atoms with E-state index in [2.05, 4.69) is 0 Å². The van der Waals surface area contributed by atoms with E-state index >= 15 is 0 Å². The molecule has 4 heteroatoms. The zero-order chi connectivity index (χ0) is 18.1. The van der Waals surface area contributed by atoms with Crippen molar-refractivity contribution in [2.75, 3.05) is 7.11 Å². The highest BCUT2D eigenvalue weighted by Gasteiger charge is 2.35. The first-order valence-corrected chi connectivity index (χ1v) is 8.37. The number of hydrogen-bond acceptors (Lipinski definition) is 3. The fourth-order valence-electron chi connectivity index (χ4n) is 3.34. The van der Waals surface area contributed by atoms with Gasteiger partial charge in [-0.1, -0.05) is 54.6 Å². The Morgan fingerprint density at radius 3 is 1.81 bits per heavy atom. The van der Waals surface area contributed by atoms with Crippen LogP contribution in [0.2, 0.25) is 0 Å². The Bertz CT molecular complexity index is 975. The van der Waals surface area contributed by atoms with E-state index in [9.17, 15) is 9.59 Å². The molecule has 0 aliphatic carbocycles. The van der Waals surface area contributed by atoms with Crippen molar-refractivity contribution >= 4 is 11.8 Å². The lowest BCUT2D eigenvalue weighted by Gasteiger charge is -2.18. The molecule has 3 aromatic rings. The summed E-state index contributed by atoms with van der Waals surface area (Å²) in [5.74, 6) is 0.253. The molecule has 0 saturated carbocycles. The average Bonchev–Trinajstić information content (AvgIpc) is 2.94. The van der Waals surface area contributed by atoms with Crippen molar-refractivity contribution in [2.24, 2.45) is 0 Å². The minimum atomic E-state index is -0.250. The first-order chi connectivity index (χ1) is 12.7. The fraction of sp³-hybridized carbons (Fsp3) is 0.0909. The molecule has 2 amide bonds. The van der Waals surface area contributed by atoms with Gasteiger partial charge >= 0.3 is 0 Å². The average molecular weight is 343 g/mol. The number of para-hydroxylation sites is 1. The van der Waals surface area contributed by atoms with Gasteiger partial charge < -0.3 is 4.74 Å². The lowest BCUT2D eigenvalue weighted by atomic mass is 9.98. The van der Waals surface area contributed by atoms with Crippen LogP contribution < -0.4 is 4.74 Å². The van der Waals surface area contributed by atoms with E-state index in [1.165, 1.54) is 4.90 Å². The molecule has 0 fully saturated rings. The molecule has 1 heterocycles. The van der Waals surface area contributed by atoms with Gasteiger partial charge in [0, 0.05) is 5.56 Å². The molecule has 26 heavy (non-hydrogen) atoms. The van der Waals surface area contributed by atoms with E-state index in [1.54, 1.807) is 31.4 Å². The molecule has 3 aromatic carbocycles. The molecule has 4 rings (SSSR count). The summed E-state index contributed by atoms with van der Waals surface area (Å²) < 4.78 is 5.47. The van der Waals surface area contributed by atoms with Crippen LogP contribution in [0.3, 0.4) is 0 Å². The number of rotatable bonds is 4. The number of carbonyl (C=O) groups is 2. The standard InChI is InChI=1S/C22H17NO3/c1-26-20-13-7-6-10-17(20)16-9-3-2-8-15(16)14-23-21(24)18-11-4-5-12-19(18)22(23)25/h2-13H,14H2,1H3. The van der Waals surface area contributed by atoms with Crippen LogP contribution in [0.5, 0.6) is 5.75 Å². The van der Waals surface area contributed by atoms with Crippen molar-refractivity contribution < 1.29 is 14.3 Å². The van der Waals surface area contributed by atoms with Gasteiger partial charge in [-0.3, -0.25) is 14.5 Å². The van der Waals surface area contributed by atoms with Gasteiger partial charge in [-0.2, -0.15) is 0 Å². The SMILES string of the molecule is COc1ccccc1-c1ccccc1CN1C(=O)c2ccccc2C1=O. The predicted molar refractivity (Wildman–Crippen MR) is 99.1 cm³/mol. The highest BCUT2D eigenvalue weighted by molar-refractivity contribution is 6.21. The second kappa shape index (κ2) is 6.48. The minimum absolute atomic E-state index is 0.223. The van der Waals surface area contributed by atoms with E-state index in [0.717, 1.165) is 22.4 Å². The maximum atomic E-state index is 12.7. The van der Waals surface area contributed by atoms with Gasteiger partial charge in [0.15, 0.2) is 0 Å². The molecule has 0 radical (unpaired) electrons. The molecular formula is C22H17NO3. The van der Waals surface area contributed by atoms with Gasteiger partial charge in [-0.05, 0) is 29.3 Å². The highest BCUT2D eigenvalue weighted by Crippen LogP contribution is 2.34. The van der Waals surface area contributed by atoms with E-state index in [-0.39, 0.29) is 18.4 Å². The maximum absolute atomic E-state index is 12.7. The van der Waals surface area contributed by atoms with Gasteiger partial charge in [0.05, 0.1) is 24.8 Å². The monoisotopic (exact) mass is 343 g/mol. The summed E-state index contributed by atoms with van der Waals surface area (Å²) in [5.41, 5.74) is 3.70. The Hall–Kier alpha value is -3.40. The number of benzene rings is 3. The lowest BCUT2D eigenvalue weighted by molar-refractivity contribution is 0.0642. The van der Waals surface area contributed by atoms with Crippen LogP contribution in [0.1, 0.15) is 26.3 Å². The van der Waals surface area contributed by atoms with Gasteiger partial charge in [0.1, 0.15) is 5.75 Å². The summed E-state index contributed by atoms with van der Waals surface area (Å²) in [5, 5.41) is 0. The van der Waals surface area contributed by atoms with Gasteiger partial charge in [0.25, 0.3) is 11.8 Å². The number of fused-ring (bicyclic) bond motifs is 1. The normalized spacial score (nSPS) is 13.0. The van der Waals surface area contributed by atoms with Crippen LogP contribution in [0, 0.1) is 0 Å². The summed E-state index contributed by atoms with van der Waals surface area (Å²) in [6.07, 6.45) is 0. The van der Waals surface area contributed by atoms with Crippen molar-refractivity contribution in [3.63, 3.8) is 0 Å². The van der Waals surface area contributed by atoms with Crippen molar-refractivity contribution in [3.8, 4) is 16.9 Å². The summed E-state index contributed by atoms with van der Waals surface area (Å²) in [7, 11) is 1.63. The largest absolute Gasteiger partial charge is 0.496 e. The van der Waals surface area contributed by atoms with Crippen molar-refractivity contribution in [1.82, 2.24) is 4.90 Å². The third kappa shape index (κ3) is 2.56. The number of amides is 2. The van der Waals surface area contributed by atoms with E-state index in [0.29, 0.717) is 11.1 Å². The second-order valence-corrected chi connectivity index (χ2v) is 6.10. The quantitative estimate of drug-likeness (QED) is 0.668. The number of carbonyl (C=O) groups excluding carboxylic acids is 2. The summed E-state index contributed by atoms with van der Waals surface area (Å²) >= 11 is 0. The van der Waals surface area contributed by atoms with Crippen molar-refractivity contribution in [2.45, 2.75) is 6.54 Å². The molecular weight excluding hydrogens is 326 g/mol. The van der Waals surface area contributed by atoms with E-state index in [4.69, 9.17) is 4.74 Å². The molecule has 0 saturated heterocycles. The first-order valence-electron chi connectivity index (χ1n) is 8.37. The Balaban J connectivity index is 1.73. The maximum Gasteiger partial charge on any atom is 0.261 e. The van der Waals surface area contributed by atoms with Gasteiger partial charge in [-0.25, -0.2) is 0 Å². The third-order valence-corrected chi connectivity index (χ3v) is 4.62. The highest BCUT2D eigenvalue weighted by atomic mass is 16.5. The number of hydrogen-bond donors (Lipinski definition) is 0. The second-order valence-electron chi connectivity index (χ2n) is 6.10. The van der Waals surface area contributed by atoms with Gasteiger partial charge in [-0.15, -0.1) is 0 Å². The molecule has 0 unspecified atom stereocenters. The predicted octanol–water partition coefficient (Wildman–Crippen LogP) is 4.16. The number of nitrogens with zero attached hydrogens (tertiary/aromatic N) is 1. The van der Waals surface area contributed by atoms with Crippen molar-refractivity contribution in [3.05, 3.63) is 89.5 Å². The van der Waals surface area contributed by atoms with E-state index in [1.807, 2.05) is 48.5 Å². The van der Waals surface area contributed by atoms with Crippen LogP contribution in [-0.2, 0) is 6.54 Å². The fourth-order valence-corrected chi connectivity index (χ4v) is 3.34. The molecule has 0 atom stereocenters. The smallest absolute Gasteiger partial charge is 0.261 e. The zero-order valence-corrected chi connectivity index (χ0v) is 14.3. The molecule has 0 bridgehead atoms. The summed E-state index contributed by atoms with van der Waals surface area (Å²) in [6.45, 7) is 0.223. The third-order valence-electron chi connectivity index (χ3n) is 4.62. The van der Waals surface area contributed by atoms with Crippen LogP contribution in [0.4, 0.5) is 0 Å².